The van der Waals surface area contributed by atoms with Gasteiger partial charge in [0.15, 0.2) is 0 Å². The zero-order valence-electron chi connectivity index (χ0n) is 11.0. The third kappa shape index (κ3) is 2.30. The van der Waals surface area contributed by atoms with E-state index in [4.69, 9.17) is 0 Å². The average molecular weight is 245 g/mol. The standard InChI is InChI=1S/C15H19NO2/c1-3-14(17)12-8-6-10-16(15(12)18)13-9-5-4-7-11(13)2/h4-5,7,9,12H,3,6,8,10H2,1-2H3. The van der Waals surface area contributed by atoms with Gasteiger partial charge in [0.2, 0.25) is 5.91 Å². The largest absolute Gasteiger partial charge is 0.312 e. The van der Waals surface area contributed by atoms with Crippen LogP contribution in [0.15, 0.2) is 24.3 Å². The van der Waals surface area contributed by atoms with Crippen LogP contribution in [0.5, 0.6) is 0 Å². The summed E-state index contributed by atoms with van der Waals surface area (Å²) >= 11 is 0. The maximum absolute atomic E-state index is 12.4. The zero-order valence-corrected chi connectivity index (χ0v) is 11.0. The summed E-state index contributed by atoms with van der Waals surface area (Å²) in [5, 5.41) is 0. The Kier molecular flexibility index (Phi) is 3.80. The van der Waals surface area contributed by atoms with Crippen LogP contribution in [0.1, 0.15) is 31.7 Å². The number of hydrogen-bond acceptors (Lipinski definition) is 2. The molecule has 0 N–H and O–H groups in total. The summed E-state index contributed by atoms with van der Waals surface area (Å²) in [6, 6.07) is 7.84. The lowest BCUT2D eigenvalue weighted by Gasteiger charge is -2.32. The van der Waals surface area contributed by atoms with Gasteiger partial charge in [-0.15, -0.1) is 0 Å². The van der Waals surface area contributed by atoms with E-state index in [2.05, 4.69) is 0 Å². The number of hydrogen-bond donors (Lipinski definition) is 0. The predicted molar refractivity (Wildman–Crippen MR) is 71.6 cm³/mol. The van der Waals surface area contributed by atoms with Gasteiger partial charge in [0, 0.05) is 18.7 Å². The molecule has 0 saturated carbocycles. The first-order chi connectivity index (χ1) is 8.65. The van der Waals surface area contributed by atoms with Crippen LogP contribution in [0.2, 0.25) is 0 Å². The first-order valence-electron chi connectivity index (χ1n) is 6.55. The second-order valence-corrected chi connectivity index (χ2v) is 4.79. The van der Waals surface area contributed by atoms with Crippen molar-refractivity contribution in [1.82, 2.24) is 0 Å². The lowest BCUT2D eigenvalue weighted by molar-refractivity contribution is -0.133. The van der Waals surface area contributed by atoms with Gasteiger partial charge in [-0.25, -0.2) is 0 Å². The normalized spacial score (nSPS) is 20.0. The van der Waals surface area contributed by atoms with E-state index in [0.717, 1.165) is 24.2 Å². The number of carbonyl (C=O) groups excluding carboxylic acids is 2. The molecule has 1 aliphatic heterocycles. The highest BCUT2D eigenvalue weighted by Gasteiger charge is 2.33. The number of amides is 1. The van der Waals surface area contributed by atoms with Crippen LogP contribution in [-0.2, 0) is 9.59 Å². The highest BCUT2D eigenvalue weighted by Crippen LogP contribution is 2.27. The van der Waals surface area contributed by atoms with Gasteiger partial charge in [-0.2, -0.15) is 0 Å². The zero-order chi connectivity index (χ0) is 13.1. The average Bonchev–Trinajstić information content (AvgIpc) is 2.39. The molecule has 2 rings (SSSR count). The van der Waals surface area contributed by atoms with Gasteiger partial charge < -0.3 is 4.90 Å². The van der Waals surface area contributed by atoms with Gasteiger partial charge in [0.1, 0.15) is 5.78 Å². The summed E-state index contributed by atoms with van der Waals surface area (Å²) in [5.41, 5.74) is 2.02. The summed E-state index contributed by atoms with van der Waals surface area (Å²) in [6.45, 7) is 4.54. The number of aryl methyl sites for hydroxylation is 1. The topological polar surface area (TPSA) is 37.4 Å². The number of carbonyl (C=O) groups is 2. The maximum atomic E-state index is 12.4. The fourth-order valence-corrected chi connectivity index (χ4v) is 2.53. The molecule has 1 amide bonds. The van der Waals surface area contributed by atoms with Crippen LogP contribution < -0.4 is 4.90 Å². The van der Waals surface area contributed by atoms with Crippen LogP contribution in [0, 0.1) is 12.8 Å². The van der Waals surface area contributed by atoms with Crippen molar-refractivity contribution in [2.24, 2.45) is 5.92 Å². The molecule has 96 valence electrons. The molecule has 1 aliphatic rings. The van der Waals surface area contributed by atoms with E-state index < -0.39 is 5.92 Å². The number of benzene rings is 1. The molecule has 1 saturated heterocycles. The van der Waals surface area contributed by atoms with E-state index in [-0.39, 0.29) is 11.7 Å². The summed E-state index contributed by atoms with van der Waals surface area (Å²) in [7, 11) is 0. The Bertz CT molecular complexity index is 467. The van der Waals surface area contributed by atoms with Crippen molar-refractivity contribution in [1.29, 1.82) is 0 Å². The van der Waals surface area contributed by atoms with Crippen molar-refractivity contribution in [3.63, 3.8) is 0 Å². The highest BCUT2D eigenvalue weighted by molar-refractivity contribution is 6.09. The molecule has 0 aromatic heterocycles. The summed E-state index contributed by atoms with van der Waals surface area (Å²) in [4.78, 5) is 26.0. The number of nitrogens with zero attached hydrogens (tertiary/aromatic N) is 1. The van der Waals surface area contributed by atoms with Gasteiger partial charge in [-0.05, 0) is 31.4 Å². The Labute approximate surface area is 108 Å². The van der Waals surface area contributed by atoms with Crippen LogP contribution in [0.3, 0.4) is 0 Å². The molecule has 1 heterocycles. The van der Waals surface area contributed by atoms with E-state index in [1.807, 2.05) is 38.1 Å². The van der Waals surface area contributed by atoms with Crippen LogP contribution in [0.4, 0.5) is 5.69 Å². The molecule has 18 heavy (non-hydrogen) atoms. The molecule has 1 unspecified atom stereocenters. The van der Waals surface area contributed by atoms with E-state index in [1.54, 1.807) is 4.90 Å². The monoisotopic (exact) mass is 245 g/mol. The fourth-order valence-electron chi connectivity index (χ4n) is 2.53. The Morgan fingerprint density at radius 3 is 2.78 bits per heavy atom. The molecule has 0 aliphatic carbocycles. The van der Waals surface area contributed by atoms with Crippen molar-refractivity contribution in [2.75, 3.05) is 11.4 Å². The number of anilines is 1. The SMILES string of the molecule is CCC(=O)C1CCCN(c2ccccc2C)C1=O. The van der Waals surface area contributed by atoms with Gasteiger partial charge >= 0.3 is 0 Å². The third-order valence-corrected chi connectivity index (χ3v) is 3.58. The lowest BCUT2D eigenvalue weighted by Crippen LogP contribution is -2.44. The Hall–Kier alpha value is -1.64. The van der Waals surface area contributed by atoms with Gasteiger partial charge in [0.25, 0.3) is 0 Å². The molecule has 0 radical (unpaired) electrons. The second kappa shape index (κ2) is 5.34. The minimum atomic E-state index is -0.427. The molecular formula is C15H19NO2. The predicted octanol–water partition coefficient (Wildman–Crippen LogP) is 2.72. The second-order valence-electron chi connectivity index (χ2n) is 4.79. The van der Waals surface area contributed by atoms with Crippen molar-refractivity contribution in [3.05, 3.63) is 29.8 Å². The first kappa shape index (κ1) is 12.8. The van der Waals surface area contributed by atoms with Crippen molar-refractivity contribution in [2.45, 2.75) is 33.1 Å². The molecule has 3 nitrogen and oxygen atoms in total. The van der Waals surface area contributed by atoms with Gasteiger partial charge in [-0.3, -0.25) is 9.59 Å². The summed E-state index contributed by atoms with van der Waals surface area (Å²) in [6.07, 6.45) is 2.04. The number of piperidine rings is 1. The fraction of sp³-hybridized carbons (Fsp3) is 0.467. The van der Waals surface area contributed by atoms with Crippen molar-refractivity contribution in [3.8, 4) is 0 Å². The highest BCUT2D eigenvalue weighted by atomic mass is 16.2. The minimum Gasteiger partial charge on any atom is -0.312 e. The van der Waals surface area contributed by atoms with Gasteiger partial charge in [-0.1, -0.05) is 25.1 Å². The number of rotatable bonds is 3. The smallest absolute Gasteiger partial charge is 0.237 e. The van der Waals surface area contributed by atoms with Crippen LogP contribution in [0.25, 0.3) is 0 Å². The number of ketones is 1. The first-order valence-corrected chi connectivity index (χ1v) is 6.55. The molecule has 3 heteroatoms. The Morgan fingerprint density at radius 1 is 1.39 bits per heavy atom. The summed E-state index contributed by atoms with van der Waals surface area (Å²) in [5.74, 6) is -0.385. The molecule has 1 aromatic carbocycles. The number of para-hydroxylation sites is 1. The Morgan fingerprint density at radius 2 is 2.11 bits per heavy atom. The van der Waals surface area contributed by atoms with E-state index >= 15 is 0 Å². The lowest BCUT2D eigenvalue weighted by atomic mass is 9.91. The van der Waals surface area contributed by atoms with E-state index in [9.17, 15) is 9.59 Å². The Balaban J connectivity index is 2.27. The van der Waals surface area contributed by atoms with E-state index in [1.165, 1.54) is 0 Å². The molecule has 0 spiro atoms. The van der Waals surface area contributed by atoms with E-state index in [0.29, 0.717) is 12.8 Å². The summed E-state index contributed by atoms with van der Waals surface area (Å²) < 4.78 is 0. The van der Waals surface area contributed by atoms with Gasteiger partial charge in [0.05, 0.1) is 5.92 Å². The molecule has 0 bridgehead atoms. The maximum Gasteiger partial charge on any atom is 0.237 e. The molecule has 1 fully saturated rings. The number of Topliss-reactive ketones (excluding diaryl/α,β-unsaturated/α-hetero) is 1. The molecule has 1 atom stereocenters. The third-order valence-electron chi connectivity index (χ3n) is 3.58. The van der Waals surface area contributed by atoms with Crippen molar-refractivity contribution >= 4 is 17.4 Å². The molecule has 1 aromatic rings. The van der Waals surface area contributed by atoms with Crippen molar-refractivity contribution < 1.29 is 9.59 Å². The minimum absolute atomic E-state index is 0.0256. The quantitative estimate of drug-likeness (QED) is 0.768. The van der Waals surface area contributed by atoms with Crippen LogP contribution >= 0.6 is 0 Å². The van der Waals surface area contributed by atoms with Crippen LogP contribution in [-0.4, -0.2) is 18.2 Å². The molecular weight excluding hydrogens is 226 g/mol.